The number of hydrogen-bond acceptors (Lipinski definition) is 2. The van der Waals surface area contributed by atoms with E-state index in [9.17, 15) is 5.11 Å². The number of hydrogen-bond donors (Lipinski definition) is 1. The molecule has 0 bridgehead atoms. The highest BCUT2D eigenvalue weighted by molar-refractivity contribution is 6.31. The van der Waals surface area contributed by atoms with E-state index in [-0.39, 0.29) is 5.75 Å². The molecule has 0 aliphatic heterocycles. The molecule has 106 valence electrons. The van der Waals surface area contributed by atoms with E-state index in [1.165, 1.54) is 0 Å². The molecule has 2 nitrogen and oxygen atoms in total. The summed E-state index contributed by atoms with van der Waals surface area (Å²) in [5.74, 6) is 0.215. The lowest BCUT2D eigenvalue weighted by Crippen LogP contribution is -1.89. The molecule has 0 aliphatic rings. The second-order valence-corrected chi connectivity index (χ2v) is 5.65. The van der Waals surface area contributed by atoms with Gasteiger partial charge in [0.05, 0.1) is 11.0 Å². The zero-order valence-electron chi connectivity index (χ0n) is 11.6. The van der Waals surface area contributed by atoms with Crippen molar-refractivity contribution in [2.24, 2.45) is 0 Å². The highest BCUT2D eigenvalue weighted by atomic mass is 35.5. The monoisotopic (exact) mass is 305 g/mol. The number of aromatic hydroxyl groups is 1. The smallest absolute Gasteiger partial charge is 0.117 e. The van der Waals surface area contributed by atoms with Crippen LogP contribution in [0.3, 0.4) is 0 Å². The fourth-order valence-corrected chi connectivity index (χ4v) is 3.03. The van der Waals surface area contributed by atoms with Crippen LogP contribution in [0.25, 0.3) is 32.9 Å². The fourth-order valence-electron chi connectivity index (χ4n) is 2.84. The molecular formula is C19H12ClNO. The van der Waals surface area contributed by atoms with E-state index >= 15 is 0 Å². The third-order valence-corrected chi connectivity index (χ3v) is 4.01. The van der Waals surface area contributed by atoms with Crippen LogP contribution >= 0.6 is 11.6 Å². The van der Waals surface area contributed by atoms with Gasteiger partial charge in [-0.1, -0.05) is 41.9 Å². The molecule has 0 fully saturated rings. The first-order valence-electron chi connectivity index (χ1n) is 7.00. The van der Waals surface area contributed by atoms with Crippen LogP contribution < -0.4 is 0 Å². The van der Waals surface area contributed by atoms with E-state index in [4.69, 9.17) is 11.6 Å². The lowest BCUT2D eigenvalue weighted by Gasteiger charge is -2.11. The second kappa shape index (κ2) is 5.00. The summed E-state index contributed by atoms with van der Waals surface area (Å²) in [5, 5.41) is 12.5. The summed E-state index contributed by atoms with van der Waals surface area (Å²) >= 11 is 6.17. The van der Waals surface area contributed by atoms with Crippen molar-refractivity contribution in [3.8, 4) is 16.9 Å². The van der Waals surface area contributed by atoms with E-state index < -0.39 is 0 Å². The quantitative estimate of drug-likeness (QED) is 0.477. The Bertz CT molecular complexity index is 1010. The molecule has 0 atom stereocenters. The van der Waals surface area contributed by atoms with Gasteiger partial charge in [0, 0.05) is 27.4 Å². The van der Waals surface area contributed by atoms with Crippen LogP contribution in [0.2, 0.25) is 5.02 Å². The average Bonchev–Trinajstić information content (AvgIpc) is 2.52. The van der Waals surface area contributed by atoms with Crippen LogP contribution in [-0.2, 0) is 0 Å². The normalized spacial score (nSPS) is 11.1. The van der Waals surface area contributed by atoms with Gasteiger partial charge in [-0.05, 0) is 35.9 Å². The van der Waals surface area contributed by atoms with Crippen LogP contribution in [0, 0.1) is 0 Å². The summed E-state index contributed by atoms with van der Waals surface area (Å²) in [6, 6.07) is 21.1. The van der Waals surface area contributed by atoms with E-state index in [0.29, 0.717) is 5.02 Å². The molecule has 0 spiro atoms. The van der Waals surface area contributed by atoms with Crippen molar-refractivity contribution in [1.29, 1.82) is 0 Å². The number of benzene rings is 3. The maximum Gasteiger partial charge on any atom is 0.117 e. The molecule has 4 aromatic rings. The van der Waals surface area contributed by atoms with Crippen molar-refractivity contribution in [1.82, 2.24) is 4.98 Å². The Morgan fingerprint density at radius 2 is 1.59 bits per heavy atom. The molecule has 1 heterocycles. The number of phenols is 1. The zero-order chi connectivity index (χ0) is 15.1. The molecule has 0 aliphatic carbocycles. The Kier molecular flexibility index (Phi) is 2.98. The Labute approximate surface area is 132 Å². The minimum Gasteiger partial charge on any atom is -0.508 e. The van der Waals surface area contributed by atoms with E-state index in [1.54, 1.807) is 12.1 Å². The summed E-state index contributed by atoms with van der Waals surface area (Å²) in [5.41, 5.74) is 3.80. The van der Waals surface area contributed by atoms with Crippen molar-refractivity contribution >= 4 is 33.4 Å². The Morgan fingerprint density at radius 1 is 0.773 bits per heavy atom. The molecule has 22 heavy (non-hydrogen) atoms. The SMILES string of the molecule is Oc1ccc2c(-c3cccc(Cl)c3)c3ccccc3nc2c1. The van der Waals surface area contributed by atoms with Crippen molar-refractivity contribution < 1.29 is 5.11 Å². The summed E-state index contributed by atoms with van der Waals surface area (Å²) < 4.78 is 0. The highest BCUT2D eigenvalue weighted by Crippen LogP contribution is 2.36. The second-order valence-electron chi connectivity index (χ2n) is 5.22. The molecule has 0 amide bonds. The molecule has 0 saturated heterocycles. The number of phenolic OH excluding ortho intramolecular Hbond substituents is 1. The first-order valence-corrected chi connectivity index (χ1v) is 7.37. The topological polar surface area (TPSA) is 33.1 Å². The maximum absolute atomic E-state index is 9.75. The van der Waals surface area contributed by atoms with Crippen molar-refractivity contribution in [2.75, 3.05) is 0 Å². The zero-order valence-corrected chi connectivity index (χ0v) is 12.4. The number of pyridine rings is 1. The number of aromatic nitrogens is 1. The van der Waals surface area contributed by atoms with Crippen LogP contribution in [0.5, 0.6) is 5.75 Å². The Balaban J connectivity index is 2.21. The predicted octanol–water partition coefficient (Wildman–Crippen LogP) is 5.41. The first-order chi connectivity index (χ1) is 10.7. The summed E-state index contributed by atoms with van der Waals surface area (Å²) in [7, 11) is 0. The highest BCUT2D eigenvalue weighted by Gasteiger charge is 2.11. The predicted molar refractivity (Wildman–Crippen MR) is 91.4 cm³/mol. The van der Waals surface area contributed by atoms with Gasteiger partial charge in [-0.3, -0.25) is 0 Å². The fraction of sp³-hybridized carbons (Fsp3) is 0. The largest absolute Gasteiger partial charge is 0.508 e. The summed E-state index contributed by atoms with van der Waals surface area (Å²) in [6.07, 6.45) is 0. The third kappa shape index (κ3) is 2.09. The van der Waals surface area contributed by atoms with Crippen molar-refractivity contribution in [3.63, 3.8) is 0 Å². The molecule has 0 saturated carbocycles. The maximum atomic E-state index is 9.75. The van der Waals surface area contributed by atoms with Crippen molar-refractivity contribution in [2.45, 2.75) is 0 Å². The average molecular weight is 306 g/mol. The Morgan fingerprint density at radius 3 is 2.45 bits per heavy atom. The lowest BCUT2D eigenvalue weighted by atomic mass is 9.96. The first kappa shape index (κ1) is 13.1. The van der Waals surface area contributed by atoms with Crippen LogP contribution in [0.1, 0.15) is 0 Å². The molecule has 4 rings (SSSR count). The van der Waals surface area contributed by atoms with Gasteiger partial charge in [-0.15, -0.1) is 0 Å². The number of rotatable bonds is 1. The standard InChI is InChI=1S/C19H12ClNO/c20-13-5-3-4-12(10-13)19-15-6-1-2-7-17(15)21-18-11-14(22)8-9-16(18)19/h1-11,22H. The van der Waals surface area contributed by atoms with E-state index in [1.807, 2.05) is 48.5 Å². The van der Waals surface area contributed by atoms with Gasteiger partial charge in [-0.25, -0.2) is 4.98 Å². The van der Waals surface area contributed by atoms with Gasteiger partial charge in [0.15, 0.2) is 0 Å². The van der Waals surface area contributed by atoms with Gasteiger partial charge in [-0.2, -0.15) is 0 Å². The van der Waals surface area contributed by atoms with E-state index in [2.05, 4.69) is 11.1 Å². The lowest BCUT2D eigenvalue weighted by molar-refractivity contribution is 0.476. The minimum absolute atomic E-state index is 0.215. The molecule has 1 N–H and O–H groups in total. The number of para-hydroxylation sites is 1. The van der Waals surface area contributed by atoms with Crippen LogP contribution in [0.15, 0.2) is 66.7 Å². The van der Waals surface area contributed by atoms with Gasteiger partial charge >= 0.3 is 0 Å². The summed E-state index contributed by atoms with van der Waals surface area (Å²) in [4.78, 5) is 4.65. The minimum atomic E-state index is 0.215. The van der Waals surface area contributed by atoms with Gasteiger partial charge in [0.2, 0.25) is 0 Å². The van der Waals surface area contributed by atoms with Crippen molar-refractivity contribution in [3.05, 3.63) is 71.8 Å². The van der Waals surface area contributed by atoms with Crippen LogP contribution in [-0.4, -0.2) is 10.1 Å². The van der Waals surface area contributed by atoms with Gasteiger partial charge in [0.25, 0.3) is 0 Å². The Hall–Kier alpha value is -2.58. The summed E-state index contributed by atoms with van der Waals surface area (Å²) in [6.45, 7) is 0. The van der Waals surface area contributed by atoms with E-state index in [0.717, 1.165) is 32.9 Å². The molecule has 0 unspecified atom stereocenters. The molecule has 1 aromatic heterocycles. The number of halogens is 1. The third-order valence-electron chi connectivity index (χ3n) is 3.78. The van der Waals surface area contributed by atoms with Gasteiger partial charge < -0.3 is 5.11 Å². The molecular weight excluding hydrogens is 294 g/mol. The van der Waals surface area contributed by atoms with Crippen LogP contribution in [0.4, 0.5) is 0 Å². The molecule has 3 aromatic carbocycles. The number of fused-ring (bicyclic) bond motifs is 2. The number of nitrogens with zero attached hydrogens (tertiary/aromatic N) is 1. The van der Waals surface area contributed by atoms with Gasteiger partial charge in [0.1, 0.15) is 5.75 Å². The molecule has 3 heteroatoms. The molecule has 0 radical (unpaired) electrons.